The number of ether oxygens (including phenoxy) is 2. The Morgan fingerprint density at radius 2 is 2.10 bits per heavy atom. The summed E-state index contributed by atoms with van der Waals surface area (Å²) in [4.78, 5) is 0. The van der Waals surface area contributed by atoms with Gasteiger partial charge in [-0.2, -0.15) is 0 Å². The van der Waals surface area contributed by atoms with Crippen molar-refractivity contribution < 1.29 is 9.47 Å². The highest BCUT2D eigenvalue weighted by Gasteiger charge is 2.28. The summed E-state index contributed by atoms with van der Waals surface area (Å²) in [5, 5.41) is 3.61. The molecule has 0 aliphatic heterocycles. The smallest absolute Gasteiger partial charge is 0.165 e. The molecule has 0 amide bonds. The van der Waals surface area contributed by atoms with Gasteiger partial charge in [-0.1, -0.05) is 29.8 Å². The summed E-state index contributed by atoms with van der Waals surface area (Å²) < 4.78 is 12.3. The first kappa shape index (κ1) is 15.6. The molecule has 2 rings (SSSR count). The van der Waals surface area contributed by atoms with Crippen LogP contribution in [0, 0.1) is 5.92 Å². The molecule has 3 nitrogen and oxygen atoms in total. The third-order valence-corrected chi connectivity index (χ3v) is 4.80. The van der Waals surface area contributed by atoms with Crippen molar-refractivity contribution in [2.75, 3.05) is 20.8 Å². The van der Waals surface area contributed by atoms with Crippen molar-refractivity contribution in [2.24, 2.45) is 5.92 Å². The van der Waals surface area contributed by atoms with Gasteiger partial charge in [0.15, 0.2) is 11.5 Å². The van der Waals surface area contributed by atoms with Gasteiger partial charge in [-0.25, -0.2) is 0 Å². The number of methoxy groups -OCH3 is 2. The van der Waals surface area contributed by atoms with E-state index in [9.17, 15) is 0 Å². The Kier molecular flexibility index (Phi) is 5.33. The van der Waals surface area contributed by atoms with Crippen molar-refractivity contribution >= 4 is 15.9 Å². The van der Waals surface area contributed by atoms with Crippen LogP contribution < -0.4 is 14.8 Å². The zero-order valence-corrected chi connectivity index (χ0v) is 14.3. The maximum atomic E-state index is 5.67. The molecule has 0 heterocycles. The van der Waals surface area contributed by atoms with Crippen LogP contribution >= 0.6 is 15.9 Å². The second-order valence-corrected chi connectivity index (χ2v) is 6.33. The van der Waals surface area contributed by atoms with Crippen LogP contribution in [0.15, 0.2) is 10.5 Å². The maximum absolute atomic E-state index is 5.67. The third kappa shape index (κ3) is 2.96. The lowest BCUT2D eigenvalue weighted by molar-refractivity contribution is 0.341. The van der Waals surface area contributed by atoms with Crippen LogP contribution in [0.2, 0.25) is 0 Å². The normalized spacial score (nSPS) is 22.1. The van der Waals surface area contributed by atoms with Crippen molar-refractivity contribution in [3.8, 4) is 11.5 Å². The second kappa shape index (κ2) is 6.81. The molecular weight excluding hydrogens is 318 g/mol. The summed E-state index contributed by atoms with van der Waals surface area (Å²) in [6, 6.07) is 2.35. The molecule has 0 bridgehead atoms. The SMILES string of the molecule is CCNC1CC(C)CCc2c(Br)cc(OC)c(OC)c21. The molecule has 1 aromatic carbocycles. The first-order valence-corrected chi connectivity index (χ1v) is 8.08. The summed E-state index contributed by atoms with van der Waals surface area (Å²) in [5.74, 6) is 2.38. The van der Waals surface area contributed by atoms with Crippen LogP contribution in [-0.4, -0.2) is 20.8 Å². The predicted octanol–water partition coefficient (Wildman–Crippen LogP) is 4.09. The molecule has 0 aromatic heterocycles. The zero-order valence-electron chi connectivity index (χ0n) is 12.8. The number of halogens is 1. The van der Waals surface area contributed by atoms with Crippen molar-refractivity contribution in [3.05, 3.63) is 21.7 Å². The fourth-order valence-corrected chi connectivity index (χ4v) is 3.73. The van der Waals surface area contributed by atoms with Crippen LogP contribution in [-0.2, 0) is 6.42 Å². The summed E-state index contributed by atoms with van der Waals surface area (Å²) in [5.41, 5.74) is 2.63. The molecule has 0 radical (unpaired) electrons. The number of hydrogen-bond acceptors (Lipinski definition) is 3. The van der Waals surface area contributed by atoms with E-state index in [0.717, 1.165) is 35.4 Å². The Hall–Kier alpha value is -0.740. The largest absolute Gasteiger partial charge is 0.493 e. The molecule has 1 aliphatic rings. The average molecular weight is 342 g/mol. The Balaban J connectivity index is 2.60. The molecule has 1 N–H and O–H groups in total. The number of hydrogen-bond donors (Lipinski definition) is 1. The van der Waals surface area contributed by atoms with Gasteiger partial charge < -0.3 is 14.8 Å². The highest BCUT2D eigenvalue weighted by molar-refractivity contribution is 9.10. The topological polar surface area (TPSA) is 30.5 Å². The van der Waals surface area contributed by atoms with Gasteiger partial charge >= 0.3 is 0 Å². The van der Waals surface area contributed by atoms with E-state index in [4.69, 9.17) is 9.47 Å². The molecule has 0 saturated heterocycles. The highest BCUT2D eigenvalue weighted by Crippen LogP contribution is 2.45. The number of fused-ring (bicyclic) bond motifs is 1. The standard InChI is InChI=1S/C16H24BrNO2/c1-5-18-13-8-10(2)6-7-11-12(17)9-14(19-3)16(20-4)15(11)13/h9-10,13,18H,5-8H2,1-4H3. The molecule has 4 heteroatoms. The monoisotopic (exact) mass is 341 g/mol. The van der Waals surface area contributed by atoms with E-state index < -0.39 is 0 Å². The van der Waals surface area contributed by atoms with Gasteiger partial charge in [0.05, 0.1) is 14.2 Å². The number of nitrogens with one attached hydrogen (secondary N) is 1. The van der Waals surface area contributed by atoms with E-state index >= 15 is 0 Å². The van der Waals surface area contributed by atoms with E-state index in [0.29, 0.717) is 12.0 Å². The highest BCUT2D eigenvalue weighted by atomic mass is 79.9. The number of rotatable bonds is 4. The fraction of sp³-hybridized carbons (Fsp3) is 0.625. The van der Waals surface area contributed by atoms with Gasteiger partial charge in [-0.15, -0.1) is 0 Å². The van der Waals surface area contributed by atoms with Gasteiger partial charge in [-0.3, -0.25) is 0 Å². The molecule has 1 aromatic rings. The van der Waals surface area contributed by atoms with Crippen LogP contribution in [0.25, 0.3) is 0 Å². The third-order valence-electron chi connectivity index (χ3n) is 4.09. The minimum Gasteiger partial charge on any atom is -0.493 e. The average Bonchev–Trinajstić information content (AvgIpc) is 2.59. The molecule has 0 spiro atoms. The Bertz CT molecular complexity index is 476. The summed E-state index contributed by atoms with van der Waals surface area (Å²) in [6.07, 6.45) is 3.43. The zero-order chi connectivity index (χ0) is 14.7. The predicted molar refractivity (Wildman–Crippen MR) is 85.8 cm³/mol. The van der Waals surface area contributed by atoms with Gasteiger partial charge in [0.25, 0.3) is 0 Å². The van der Waals surface area contributed by atoms with Crippen molar-refractivity contribution in [3.63, 3.8) is 0 Å². The Morgan fingerprint density at radius 1 is 1.35 bits per heavy atom. The Labute approximate surface area is 130 Å². The first-order valence-electron chi connectivity index (χ1n) is 7.28. The lowest BCUT2D eigenvalue weighted by Gasteiger charge is -2.24. The van der Waals surface area contributed by atoms with Crippen LogP contribution in [0.4, 0.5) is 0 Å². The Morgan fingerprint density at radius 3 is 2.70 bits per heavy atom. The molecular formula is C16H24BrNO2. The van der Waals surface area contributed by atoms with Gasteiger partial charge in [-0.05, 0) is 43.4 Å². The minimum atomic E-state index is 0.328. The number of benzene rings is 1. The maximum Gasteiger partial charge on any atom is 0.165 e. The van der Waals surface area contributed by atoms with E-state index in [1.807, 2.05) is 6.07 Å². The van der Waals surface area contributed by atoms with E-state index in [1.54, 1.807) is 14.2 Å². The van der Waals surface area contributed by atoms with Crippen molar-refractivity contribution in [1.29, 1.82) is 0 Å². The second-order valence-electron chi connectivity index (χ2n) is 5.48. The lowest BCUT2D eigenvalue weighted by Crippen LogP contribution is -2.23. The van der Waals surface area contributed by atoms with E-state index in [-0.39, 0.29) is 0 Å². The molecule has 0 saturated carbocycles. The molecule has 0 fully saturated rings. The quantitative estimate of drug-likeness (QED) is 0.836. The lowest BCUT2D eigenvalue weighted by atomic mass is 9.95. The van der Waals surface area contributed by atoms with Crippen LogP contribution in [0.3, 0.4) is 0 Å². The molecule has 1 aliphatic carbocycles. The van der Waals surface area contributed by atoms with Crippen molar-refractivity contribution in [2.45, 2.75) is 39.2 Å². The van der Waals surface area contributed by atoms with Gasteiger partial charge in [0.2, 0.25) is 0 Å². The molecule has 2 unspecified atom stereocenters. The van der Waals surface area contributed by atoms with E-state index in [1.165, 1.54) is 17.5 Å². The van der Waals surface area contributed by atoms with Crippen molar-refractivity contribution in [1.82, 2.24) is 5.32 Å². The molecule has 20 heavy (non-hydrogen) atoms. The fourth-order valence-electron chi connectivity index (χ4n) is 3.11. The van der Waals surface area contributed by atoms with Gasteiger partial charge in [0, 0.05) is 16.1 Å². The summed E-state index contributed by atoms with van der Waals surface area (Å²) in [6.45, 7) is 5.43. The summed E-state index contributed by atoms with van der Waals surface area (Å²) >= 11 is 3.71. The van der Waals surface area contributed by atoms with Crippen LogP contribution in [0.5, 0.6) is 11.5 Å². The molecule has 2 atom stereocenters. The first-order chi connectivity index (χ1) is 9.62. The summed E-state index contributed by atoms with van der Waals surface area (Å²) in [7, 11) is 3.42. The minimum absolute atomic E-state index is 0.328. The van der Waals surface area contributed by atoms with Gasteiger partial charge in [0.1, 0.15) is 0 Å². The molecule has 112 valence electrons. The van der Waals surface area contributed by atoms with E-state index in [2.05, 4.69) is 35.1 Å². The van der Waals surface area contributed by atoms with Crippen LogP contribution in [0.1, 0.15) is 43.9 Å².